The van der Waals surface area contributed by atoms with Crippen molar-refractivity contribution in [3.05, 3.63) is 64.1 Å². The molecule has 0 aliphatic heterocycles. The van der Waals surface area contributed by atoms with Gasteiger partial charge in [-0.25, -0.2) is 0 Å². The highest BCUT2D eigenvalue weighted by Crippen LogP contribution is 2.12. The van der Waals surface area contributed by atoms with Crippen molar-refractivity contribution in [1.82, 2.24) is 0 Å². The molecule has 21 heavy (non-hydrogen) atoms. The number of carbonyl (C=O) groups is 2. The highest BCUT2D eigenvalue weighted by Gasteiger charge is 2.10. The third kappa shape index (κ3) is 4.72. The lowest BCUT2D eigenvalue weighted by Gasteiger charge is -2.05. The van der Waals surface area contributed by atoms with Gasteiger partial charge in [0.1, 0.15) is 5.75 Å². The van der Waals surface area contributed by atoms with E-state index in [0.29, 0.717) is 11.1 Å². The van der Waals surface area contributed by atoms with E-state index in [1.807, 2.05) is 0 Å². The average Bonchev–Trinajstić information content (AvgIpc) is 2.48. The molecule has 2 aromatic carbocycles. The van der Waals surface area contributed by atoms with Crippen molar-refractivity contribution in [1.29, 1.82) is 0 Å². The van der Waals surface area contributed by atoms with Gasteiger partial charge in [-0.15, -0.1) is 0 Å². The summed E-state index contributed by atoms with van der Waals surface area (Å²) in [7, 11) is 0. The number of benzene rings is 2. The Morgan fingerprint density at radius 3 is 2.24 bits per heavy atom. The number of ether oxygens (including phenoxy) is 1. The molecule has 4 nitrogen and oxygen atoms in total. The molecule has 0 aliphatic rings. The van der Waals surface area contributed by atoms with Crippen LogP contribution in [0.15, 0.2) is 53.0 Å². The molecule has 0 aromatic heterocycles. The number of ketones is 1. The van der Waals surface area contributed by atoms with Gasteiger partial charge in [0.05, 0.1) is 6.42 Å². The number of halogens is 1. The van der Waals surface area contributed by atoms with Crippen molar-refractivity contribution < 1.29 is 19.4 Å². The summed E-state index contributed by atoms with van der Waals surface area (Å²) < 4.78 is 5.84. The molecule has 108 valence electrons. The topological polar surface area (TPSA) is 63.6 Å². The van der Waals surface area contributed by atoms with Crippen LogP contribution >= 0.6 is 15.9 Å². The molecule has 0 amide bonds. The zero-order valence-corrected chi connectivity index (χ0v) is 12.7. The van der Waals surface area contributed by atoms with Crippen LogP contribution in [0.1, 0.15) is 15.9 Å². The van der Waals surface area contributed by atoms with Crippen molar-refractivity contribution >= 4 is 27.7 Å². The van der Waals surface area contributed by atoms with Gasteiger partial charge < -0.3 is 9.84 Å². The predicted molar refractivity (Wildman–Crippen MR) is 81.2 cm³/mol. The second-order valence-electron chi connectivity index (χ2n) is 4.43. The second kappa shape index (κ2) is 7.04. The lowest BCUT2D eigenvalue weighted by molar-refractivity contribution is -0.141. The van der Waals surface area contributed by atoms with E-state index in [4.69, 9.17) is 9.84 Å². The van der Waals surface area contributed by atoms with Crippen LogP contribution in [0.2, 0.25) is 0 Å². The lowest BCUT2D eigenvalue weighted by Crippen LogP contribution is -2.15. The summed E-state index contributed by atoms with van der Waals surface area (Å²) in [6, 6.07) is 13.1. The number of esters is 1. The van der Waals surface area contributed by atoms with Crippen LogP contribution in [0.3, 0.4) is 0 Å². The van der Waals surface area contributed by atoms with E-state index in [2.05, 4.69) is 15.9 Å². The number of phenols is 1. The van der Waals surface area contributed by atoms with Gasteiger partial charge in [0, 0.05) is 10.0 Å². The molecule has 0 aliphatic carbocycles. The summed E-state index contributed by atoms with van der Waals surface area (Å²) >= 11 is 3.28. The maximum atomic E-state index is 11.8. The number of hydrogen-bond donors (Lipinski definition) is 1. The zero-order chi connectivity index (χ0) is 15.2. The lowest BCUT2D eigenvalue weighted by atomic mass is 10.1. The van der Waals surface area contributed by atoms with E-state index in [1.165, 1.54) is 12.1 Å². The fraction of sp³-hybridized carbons (Fsp3) is 0.125. The highest BCUT2D eigenvalue weighted by molar-refractivity contribution is 9.10. The standard InChI is InChI=1S/C16H13BrO4/c17-13-5-3-12(4-6-13)15(19)10-21-16(20)9-11-1-7-14(18)8-2-11/h1-8,18H,9-10H2. The largest absolute Gasteiger partial charge is 0.508 e. The summed E-state index contributed by atoms with van der Waals surface area (Å²) in [5.41, 5.74) is 1.21. The van der Waals surface area contributed by atoms with Crippen LogP contribution in [-0.2, 0) is 16.0 Å². The maximum Gasteiger partial charge on any atom is 0.310 e. The average molecular weight is 349 g/mol. The number of aromatic hydroxyl groups is 1. The van der Waals surface area contributed by atoms with Gasteiger partial charge in [-0.2, -0.15) is 0 Å². The summed E-state index contributed by atoms with van der Waals surface area (Å²) in [6.45, 7) is -0.279. The normalized spacial score (nSPS) is 10.1. The molecule has 0 heterocycles. The zero-order valence-electron chi connectivity index (χ0n) is 11.1. The molecule has 1 N–H and O–H groups in total. The van der Waals surface area contributed by atoms with Gasteiger partial charge in [0.25, 0.3) is 0 Å². The molecule has 0 unspecified atom stereocenters. The van der Waals surface area contributed by atoms with Crippen molar-refractivity contribution in [2.45, 2.75) is 6.42 Å². The first-order valence-electron chi connectivity index (χ1n) is 6.27. The van der Waals surface area contributed by atoms with E-state index in [9.17, 15) is 9.59 Å². The van der Waals surface area contributed by atoms with Crippen molar-refractivity contribution in [3.63, 3.8) is 0 Å². The summed E-state index contributed by atoms with van der Waals surface area (Å²) in [5, 5.41) is 9.15. The molecule has 0 fully saturated rings. The fourth-order valence-corrected chi connectivity index (χ4v) is 1.96. The van der Waals surface area contributed by atoms with E-state index in [0.717, 1.165) is 4.47 Å². The number of Topliss-reactive ketones (excluding diaryl/α,β-unsaturated/α-hetero) is 1. The van der Waals surface area contributed by atoms with E-state index in [-0.39, 0.29) is 24.6 Å². The van der Waals surface area contributed by atoms with Crippen LogP contribution in [0.4, 0.5) is 0 Å². The van der Waals surface area contributed by atoms with E-state index in [1.54, 1.807) is 36.4 Å². The number of phenolic OH excluding ortho intramolecular Hbond substituents is 1. The molecule has 0 radical (unpaired) electrons. The Morgan fingerprint density at radius 1 is 1.00 bits per heavy atom. The first-order valence-corrected chi connectivity index (χ1v) is 7.06. The Labute approximate surface area is 130 Å². The minimum Gasteiger partial charge on any atom is -0.508 e. The first-order chi connectivity index (χ1) is 10.0. The van der Waals surface area contributed by atoms with Gasteiger partial charge in [-0.1, -0.05) is 40.2 Å². The molecule has 2 aromatic rings. The van der Waals surface area contributed by atoms with Gasteiger partial charge in [-0.3, -0.25) is 9.59 Å². The SMILES string of the molecule is O=C(Cc1ccc(O)cc1)OCC(=O)c1ccc(Br)cc1. The molecule has 0 spiro atoms. The molecule has 0 atom stereocenters. The first kappa shape index (κ1) is 15.3. The van der Waals surface area contributed by atoms with Gasteiger partial charge >= 0.3 is 5.97 Å². The highest BCUT2D eigenvalue weighted by atomic mass is 79.9. The number of hydrogen-bond acceptors (Lipinski definition) is 4. The number of carbonyl (C=O) groups excluding carboxylic acids is 2. The van der Waals surface area contributed by atoms with Crippen LogP contribution in [0.5, 0.6) is 5.75 Å². The third-order valence-electron chi connectivity index (χ3n) is 2.82. The molecule has 5 heteroatoms. The summed E-state index contributed by atoms with van der Waals surface area (Å²) in [6.07, 6.45) is 0.0634. The quantitative estimate of drug-likeness (QED) is 0.666. The Balaban J connectivity index is 1.84. The minimum absolute atomic E-state index is 0.0634. The third-order valence-corrected chi connectivity index (χ3v) is 3.34. The number of rotatable bonds is 5. The van der Waals surface area contributed by atoms with Crippen LogP contribution in [-0.4, -0.2) is 23.5 Å². The van der Waals surface area contributed by atoms with E-state index >= 15 is 0 Å². The van der Waals surface area contributed by atoms with Gasteiger partial charge in [-0.05, 0) is 29.8 Å². The Morgan fingerprint density at radius 2 is 1.62 bits per heavy atom. The minimum atomic E-state index is -0.480. The van der Waals surface area contributed by atoms with Crippen LogP contribution in [0, 0.1) is 0 Å². The maximum absolute atomic E-state index is 11.8. The predicted octanol–water partition coefficient (Wildman–Crippen LogP) is 3.12. The Kier molecular flexibility index (Phi) is 5.11. The smallest absolute Gasteiger partial charge is 0.310 e. The molecular weight excluding hydrogens is 336 g/mol. The molecule has 0 bridgehead atoms. The van der Waals surface area contributed by atoms with Crippen LogP contribution in [0.25, 0.3) is 0 Å². The Bertz CT molecular complexity index is 632. The summed E-state index contributed by atoms with van der Waals surface area (Å²) in [5.74, 6) is -0.592. The van der Waals surface area contributed by atoms with Gasteiger partial charge in [0.15, 0.2) is 12.4 Å². The molecule has 0 saturated heterocycles. The van der Waals surface area contributed by atoms with Crippen molar-refractivity contribution in [2.75, 3.05) is 6.61 Å². The fourth-order valence-electron chi connectivity index (χ4n) is 1.70. The van der Waals surface area contributed by atoms with Crippen molar-refractivity contribution in [3.8, 4) is 5.75 Å². The van der Waals surface area contributed by atoms with Crippen LogP contribution < -0.4 is 0 Å². The Hall–Kier alpha value is -2.14. The van der Waals surface area contributed by atoms with E-state index < -0.39 is 5.97 Å². The second-order valence-corrected chi connectivity index (χ2v) is 5.35. The molecule has 0 saturated carbocycles. The monoisotopic (exact) mass is 348 g/mol. The molecule has 2 rings (SSSR count). The van der Waals surface area contributed by atoms with Gasteiger partial charge in [0.2, 0.25) is 0 Å². The van der Waals surface area contributed by atoms with Crippen molar-refractivity contribution in [2.24, 2.45) is 0 Å². The summed E-state index contributed by atoms with van der Waals surface area (Å²) in [4.78, 5) is 23.5. The molecular formula is C16H13BrO4.